The van der Waals surface area contributed by atoms with Gasteiger partial charge >= 0.3 is 0 Å². The highest BCUT2D eigenvalue weighted by atomic mass is 16.5. The van der Waals surface area contributed by atoms with Gasteiger partial charge in [0, 0.05) is 0 Å². The molecule has 1 saturated carbocycles. The van der Waals surface area contributed by atoms with Crippen molar-refractivity contribution < 1.29 is 14.9 Å². The topological polar surface area (TPSA) is 49.7 Å². The minimum absolute atomic E-state index is 0.335. The summed E-state index contributed by atoms with van der Waals surface area (Å²) in [6, 6.07) is 0. The van der Waals surface area contributed by atoms with Crippen LogP contribution in [0.3, 0.4) is 0 Å². The van der Waals surface area contributed by atoms with Crippen LogP contribution in [-0.2, 0) is 4.74 Å². The molecule has 0 aromatic carbocycles. The van der Waals surface area contributed by atoms with Gasteiger partial charge in [-0.15, -0.1) is 0 Å². The molecule has 0 bridgehead atoms. The first kappa shape index (κ1) is 10.7. The molecule has 0 spiro atoms. The van der Waals surface area contributed by atoms with Crippen LogP contribution in [0.5, 0.6) is 0 Å². The molecule has 1 aliphatic carbocycles. The van der Waals surface area contributed by atoms with Crippen molar-refractivity contribution in [1.82, 2.24) is 0 Å². The van der Waals surface area contributed by atoms with Gasteiger partial charge < -0.3 is 14.9 Å². The molecule has 2 rings (SSSR count). The Hall–Kier alpha value is -0.820. The zero-order chi connectivity index (χ0) is 10.7. The Bertz CT molecular complexity index is 307. The van der Waals surface area contributed by atoms with E-state index in [2.05, 4.69) is 11.8 Å². The highest BCUT2D eigenvalue weighted by Gasteiger charge is 2.28. The maximum atomic E-state index is 9.69. The summed E-state index contributed by atoms with van der Waals surface area (Å²) < 4.78 is 5.21. The molecule has 2 atom stereocenters. The summed E-state index contributed by atoms with van der Waals surface area (Å²) in [5.41, 5.74) is 0.816. The van der Waals surface area contributed by atoms with Crippen molar-refractivity contribution in [3.05, 3.63) is 11.6 Å². The van der Waals surface area contributed by atoms with Crippen LogP contribution in [-0.4, -0.2) is 35.6 Å². The maximum Gasteiger partial charge on any atom is 0.138 e. The van der Waals surface area contributed by atoms with E-state index in [1.165, 1.54) is 0 Å². The van der Waals surface area contributed by atoms with E-state index in [-0.39, 0.29) is 0 Å². The van der Waals surface area contributed by atoms with Crippen LogP contribution < -0.4 is 0 Å². The average Bonchev–Trinajstić information content (AvgIpc) is 3.10. The third kappa shape index (κ3) is 3.07. The minimum Gasteiger partial charge on any atom is -0.380 e. The lowest BCUT2D eigenvalue weighted by atomic mass is 10.1. The zero-order valence-electron chi connectivity index (χ0n) is 8.65. The van der Waals surface area contributed by atoms with E-state index in [0.717, 1.165) is 24.8 Å². The second kappa shape index (κ2) is 4.80. The molecule has 0 radical (unpaired) electrons. The maximum absolute atomic E-state index is 9.69. The summed E-state index contributed by atoms with van der Waals surface area (Å²) in [4.78, 5) is 0. The first-order chi connectivity index (χ1) is 7.27. The van der Waals surface area contributed by atoms with Gasteiger partial charge in [-0.25, -0.2) is 0 Å². The Balaban J connectivity index is 1.89. The molecule has 15 heavy (non-hydrogen) atoms. The monoisotopic (exact) mass is 208 g/mol. The largest absolute Gasteiger partial charge is 0.380 e. The number of ether oxygens (including phenoxy) is 1. The molecule has 3 nitrogen and oxygen atoms in total. The van der Waals surface area contributed by atoms with Crippen LogP contribution in [0.2, 0.25) is 0 Å². The van der Waals surface area contributed by atoms with Crippen LogP contribution >= 0.6 is 0 Å². The predicted octanol–water partition coefficient (Wildman–Crippen LogP) is 0.468. The zero-order valence-corrected chi connectivity index (χ0v) is 8.65. The van der Waals surface area contributed by atoms with Crippen LogP contribution in [0.25, 0.3) is 0 Å². The Kier molecular flexibility index (Phi) is 3.42. The lowest BCUT2D eigenvalue weighted by molar-refractivity contribution is 0.130. The van der Waals surface area contributed by atoms with Crippen molar-refractivity contribution in [2.75, 3.05) is 13.2 Å². The van der Waals surface area contributed by atoms with Gasteiger partial charge in [0.05, 0.1) is 13.2 Å². The molecule has 2 N–H and O–H groups in total. The molecular formula is C12H16O3. The molecule has 2 unspecified atom stereocenters. The van der Waals surface area contributed by atoms with Gasteiger partial charge in [0.2, 0.25) is 0 Å². The Morgan fingerprint density at radius 1 is 1.33 bits per heavy atom. The summed E-state index contributed by atoms with van der Waals surface area (Å²) in [5, 5.41) is 19.2. The standard InChI is InChI=1S/C12H16O3/c13-11(9-3-4-9)5-6-12(14)10-2-1-7-15-8-10/h2,9,11-14H,1,3-4,7-8H2. The van der Waals surface area contributed by atoms with Crippen molar-refractivity contribution in [3.63, 3.8) is 0 Å². The summed E-state index contributed by atoms with van der Waals surface area (Å²) in [7, 11) is 0. The number of rotatable bonds is 2. The first-order valence-corrected chi connectivity index (χ1v) is 5.41. The quantitative estimate of drug-likeness (QED) is 0.512. The fourth-order valence-corrected chi connectivity index (χ4v) is 1.55. The van der Waals surface area contributed by atoms with E-state index >= 15 is 0 Å². The van der Waals surface area contributed by atoms with Gasteiger partial charge in [-0.3, -0.25) is 0 Å². The van der Waals surface area contributed by atoms with Gasteiger partial charge in [-0.05, 0) is 30.8 Å². The van der Waals surface area contributed by atoms with Crippen LogP contribution in [0, 0.1) is 17.8 Å². The number of hydrogen-bond acceptors (Lipinski definition) is 3. The molecule has 1 heterocycles. The third-order valence-electron chi connectivity index (χ3n) is 2.73. The van der Waals surface area contributed by atoms with Crippen molar-refractivity contribution in [2.24, 2.45) is 5.92 Å². The van der Waals surface area contributed by atoms with Crippen molar-refractivity contribution in [3.8, 4) is 11.8 Å². The molecule has 1 aliphatic heterocycles. The lowest BCUT2D eigenvalue weighted by Gasteiger charge is -2.15. The molecule has 2 aliphatic rings. The van der Waals surface area contributed by atoms with E-state index < -0.39 is 12.2 Å². The third-order valence-corrected chi connectivity index (χ3v) is 2.73. The van der Waals surface area contributed by atoms with Gasteiger partial charge in [0.25, 0.3) is 0 Å². The van der Waals surface area contributed by atoms with Gasteiger partial charge in [-0.1, -0.05) is 17.9 Å². The molecule has 0 aromatic rings. The van der Waals surface area contributed by atoms with E-state index in [1.807, 2.05) is 6.08 Å². The second-order valence-electron chi connectivity index (χ2n) is 4.09. The molecule has 82 valence electrons. The average molecular weight is 208 g/mol. The van der Waals surface area contributed by atoms with E-state index in [9.17, 15) is 10.2 Å². The Morgan fingerprint density at radius 3 is 2.73 bits per heavy atom. The van der Waals surface area contributed by atoms with E-state index in [0.29, 0.717) is 19.1 Å². The highest BCUT2D eigenvalue weighted by Crippen LogP contribution is 2.32. The lowest BCUT2D eigenvalue weighted by Crippen LogP contribution is -2.17. The summed E-state index contributed by atoms with van der Waals surface area (Å²) in [6.07, 6.45) is 3.56. The van der Waals surface area contributed by atoms with Crippen molar-refractivity contribution >= 4 is 0 Å². The molecule has 0 saturated heterocycles. The van der Waals surface area contributed by atoms with Crippen molar-refractivity contribution in [2.45, 2.75) is 31.5 Å². The van der Waals surface area contributed by atoms with Crippen LogP contribution in [0.15, 0.2) is 11.6 Å². The molecule has 0 aromatic heterocycles. The fourth-order valence-electron chi connectivity index (χ4n) is 1.55. The van der Waals surface area contributed by atoms with Crippen LogP contribution in [0.1, 0.15) is 19.3 Å². The van der Waals surface area contributed by atoms with Gasteiger partial charge in [0.1, 0.15) is 12.2 Å². The Labute approximate surface area is 89.8 Å². The number of aliphatic hydroxyl groups is 2. The Morgan fingerprint density at radius 2 is 2.13 bits per heavy atom. The first-order valence-electron chi connectivity index (χ1n) is 5.41. The van der Waals surface area contributed by atoms with Gasteiger partial charge in [0.15, 0.2) is 0 Å². The minimum atomic E-state index is -0.779. The van der Waals surface area contributed by atoms with Crippen LogP contribution in [0.4, 0.5) is 0 Å². The second-order valence-corrected chi connectivity index (χ2v) is 4.09. The number of aliphatic hydroxyl groups excluding tert-OH is 2. The molecular weight excluding hydrogens is 192 g/mol. The SMILES string of the molecule is OC(C#CC(O)C1CC1)C1=CCCOC1. The highest BCUT2D eigenvalue weighted by molar-refractivity contribution is 5.24. The number of hydrogen-bond donors (Lipinski definition) is 2. The van der Waals surface area contributed by atoms with E-state index in [4.69, 9.17) is 4.74 Å². The summed E-state index contributed by atoms with van der Waals surface area (Å²) in [5.74, 6) is 5.72. The predicted molar refractivity (Wildman–Crippen MR) is 56.0 cm³/mol. The van der Waals surface area contributed by atoms with Crippen molar-refractivity contribution in [1.29, 1.82) is 0 Å². The smallest absolute Gasteiger partial charge is 0.138 e. The molecule has 1 fully saturated rings. The fraction of sp³-hybridized carbons (Fsp3) is 0.667. The summed E-state index contributed by atoms with van der Waals surface area (Å²) in [6.45, 7) is 1.17. The normalized spacial score (nSPS) is 24.8. The molecule has 3 heteroatoms. The van der Waals surface area contributed by atoms with Gasteiger partial charge in [-0.2, -0.15) is 0 Å². The summed E-state index contributed by atoms with van der Waals surface area (Å²) >= 11 is 0. The van der Waals surface area contributed by atoms with E-state index in [1.54, 1.807) is 0 Å². The molecule has 0 amide bonds.